The molecule has 0 unspecified atom stereocenters. The third-order valence-corrected chi connectivity index (χ3v) is 3.57. The van der Waals surface area contributed by atoms with Crippen molar-refractivity contribution in [3.05, 3.63) is 34.9 Å². The van der Waals surface area contributed by atoms with Gasteiger partial charge in [0.15, 0.2) is 0 Å². The molecule has 1 heterocycles. The second-order valence-corrected chi connectivity index (χ2v) is 5.06. The molecule has 100 valence electrons. The summed E-state index contributed by atoms with van der Waals surface area (Å²) >= 11 is 5.88. The van der Waals surface area contributed by atoms with Crippen LogP contribution < -0.4 is 5.32 Å². The van der Waals surface area contributed by atoms with Gasteiger partial charge in [-0.1, -0.05) is 23.7 Å². The number of hydrogen-bond donors (Lipinski definition) is 1. The zero-order chi connectivity index (χ0) is 13.7. The Kier molecular flexibility index (Phi) is 4.41. The molecule has 1 N–H and O–H groups in total. The molecule has 1 saturated heterocycles. The Morgan fingerprint density at radius 1 is 1.47 bits per heavy atom. The Hall–Kier alpha value is -1.57. The summed E-state index contributed by atoms with van der Waals surface area (Å²) < 4.78 is 5.21. The van der Waals surface area contributed by atoms with E-state index in [4.69, 9.17) is 16.3 Å². The average molecular weight is 279 g/mol. The van der Waals surface area contributed by atoms with E-state index >= 15 is 0 Å². The number of hydrogen-bond acceptors (Lipinski definition) is 3. The van der Waals surface area contributed by atoms with Crippen LogP contribution in [0.25, 0.3) is 0 Å². The fraction of sp³-hybridized carbons (Fsp3) is 0.429. The summed E-state index contributed by atoms with van der Waals surface area (Å²) in [5.74, 6) is -0.224. The summed E-state index contributed by atoms with van der Waals surface area (Å²) in [6, 6.07) is 9.44. The first-order valence-electron chi connectivity index (χ1n) is 6.18. The summed E-state index contributed by atoms with van der Waals surface area (Å²) in [5, 5.41) is 12.7. The Morgan fingerprint density at radius 3 is 2.84 bits per heavy atom. The molecular weight excluding hydrogens is 264 g/mol. The monoisotopic (exact) mass is 278 g/mol. The average Bonchev–Trinajstić information content (AvgIpc) is 2.45. The van der Waals surface area contributed by atoms with Gasteiger partial charge in [0.2, 0.25) is 5.91 Å². The minimum absolute atomic E-state index is 0.224. The molecule has 0 radical (unpaired) electrons. The van der Waals surface area contributed by atoms with Crippen molar-refractivity contribution in [1.29, 1.82) is 5.26 Å². The van der Waals surface area contributed by atoms with Crippen molar-refractivity contribution in [2.75, 3.05) is 13.2 Å². The SMILES string of the molecule is N#CC1(C(=O)NCc2cccc(Cl)c2)CCOCC1. The molecule has 1 fully saturated rings. The molecule has 1 aliphatic rings. The van der Waals surface area contributed by atoms with Crippen molar-refractivity contribution in [2.24, 2.45) is 5.41 Å². The maximum atomic E-state index is 12.2. The normalized spacial score (nSPS) is 17.5. The number of nitriles is 1. The molecule has 0 aliphatic carbocycles. The van der Waals surface area contributed by atoms with Gasteiger partial charge < -0.3 is 10.1 Å². The van der Waals surface area contributed by atoms with Crippen molar-refractivity contribution in [1.82, 2.24) is 5.32 Å². The van der Waals surface area contributed by atoms with Crippen LogP contribution in [-0.2, 0) is 16.1 Å². The van der Waals surface area contributed by atoms with Gasteiger partial charge in [-0.2, -0.15) is 5.26 Å². The molecule has 0 bridgehead atoms. The van der Waals surface area contributed by atoms with Gasteiger partial charge >= 0.3 is 0 Å². The molecule has 0 saturated carbocycles. The number of carbonyl (C=O) groups excluding carboxylic acids is 1. The molecule has 1 aromatic rings. The number of ether oxygens (including phenoxy) is 1. The van der Waals surface area contributed by atoms with E-state index < -0.39 is 5.41 Å². The van der Waals surface area contributed by atoms with E-state index in [0.29, 0.717) is 37.6 Å². The summed E-state index contributed by atoms with van der Waals surface area (Å²) in [6.07, 6.45) is 0.899. The standard InChI is InChI=1S/C14H15ClN2O2/c15-12-3-1-2-11(8-12)9-17-13(18)14(10-16)4-6-19-7-5-14/h1-3,8H,4-7,9H2,(H,17,18). The number of rotatable bonds is 3. The van der Waals surface area contributed by atoms with Gasteiger partial charge in [-0.15, -0.1) is 0 Å². The molecule has 0 aromatic heterocycles. The fourth-order valence-corrected chi connectivity index (χ4v) is 2.32. The van der Waals surface area contributed by atoms with Crippen LogP contribution in [0.3, 0.4) is 0 Å². The maximum Gasteiger partial charge on any atom is 0.240 e. The zero-order valence-electron chi connectivity index (χ0n) is 10.5. The van der Waals surface area contributed by atoms with E-state index in [1.54, 1.807) is 12.1 Å². The minimum Gasteiger partial charge on any atom is -0.381 e. The molecular formula is C14H15ClN2O2. The van der Waals surface area contributed by atoms with Gasteiger partial charge in [0, 0.05) is 24.8 Å². The molecule has 1 aromatic carbocycles. The number of nitrogens with zero attached hydrogens (tertiary/aromatic N) is 1. The van der Waals surface area contributed by atoms with Crippen LogP contribution in [0, 0.1) is 16.7 Å². The summed E-state index contributed by atoms with van der Waals surface area (Å²) in [7, 11) is 0. The number of carbonyl (C=O) groups is 1. The van der Waals surface area contributed by atoms with Crippen LogP contribution in [0.4, 0.5) is 0 Å². The Balaban J connectivity index is 1.99. The van der Waals surface area contributed by atoms with Crippen LogP contribution >= 0.6 is 11.6 Å². The van der Waals surface area contributed by atoms with E-state index in [9.17, 15) is 10.1 Å². The Labute approximate surface area is 117 Å². The molecule has 4 nitrogen and oxygen atoms in total. The predicted molar refractivity (Wildman–Crippen MR) is 71.4 cm³/mol. The molecule has 19 heavy (non-hydrogen) atoms. The van der Waals surface area contributed by atoms with Crippen LogP contribution in [-0.4, -0.2) is 19.1 Å². The van der Waals surface area contributed by atoms with Crippen LogP contribution in [0.15, 0.2) is 24.3 Å². The lowest BCUT2D eigenvalue weighted by molar-refractivity contribution is -0.132. The van der Waals surface area contributed by atoms with Crippen molar-refractivity contribution in [3.63, 3.8) is 0 Å². The van der Waals surface area contributed by atoms with Gasteiger partial charge in [0.25, 0.3) is 0 Å². The second kappa shape index (κ2) is 6.05. The summed E-state index contributed by atoms with van der Waals surface area (Å²) in [4.78, 5) is 12.2. The van der Waals surface area contributed by atoms with E-state index in [1.165, 1.54) is 0 Å². The van der Waals surface area contributed by atoms with Gasteiger partial charge in [0.1, 0.15) is 5.41 Å². The summed E-state index contributed by atoms with van der Waals surface area (Å²) in [6.45, 7) is 1.29. The highest BCUT2D eigenvalue weighted by molar-refractivity contribution is 6.30. The third-order valence-electron chi connectivity index (χ3n) is 3.34. The number of halogens is 1. The predicted octanol–water partition coefficient (Wildman–Crippen LogP) is 2.28. The van der Waals surface area contributed by atoms with Crippen LogP contribution in [0.1, 0.15) is 18.4 Å². The smallest absolute Gasteiger partial charge is 0.240 e. The quantitative estimate of drug-likeness (QED) is 0.923. The van der Waals surface area contributed by atoms with Gasteiger partial charge in [-0.25, -0.2) is 0 Å². The first-order chi connectivity index (χ1) is 9.16. The summed E-state index contributed by atoms with van der Waals surface area (Å²) in [5.41, 5.74) is -0.0300. The largest absolute Gasteiger partial charge is 0.381 e. The molecule has 0 spiro atoms. The second-order valence-electron chi connectivity index (χ2n) is 4.62. The number of amides is 1. The van der Waals surface area contributed by atoms with E-state index in [2.05, 4.69) is 11.4 Å². The lowest BCUT2D eigenvalue weighted by Crippen LogP contribution is -2.43. The molecule has 5 heteroatoms. The Morgan fingerprint density at radius 2 is 2.21 bits per heavy atom. The highest BCUT2D eigenvalue weighted by atomic mass is 35.5. The van der Waals surface area contributed by atoms with E-state index in [1.807, 2.05) is 12.1 Å². The van der Waals surface area contributed by atoms with Crippen LogP contribution in [0.2, 0.25) is 5.02 Å². The van der Waals surface area contributed by atoms with Crippen LogP contribution in [0.5, 0.6) is 0 Å². The maximum absolute atomic E-state index is 12.2. The lowest BCUT2D eigenvalue weighted by Gasteiger charge is -2.29. The number of benzene rings is 1. The van der Waals surface area contributed by atoms with Crippen molar-refractivity contribution >= 4 is 17.5 Å². The lowest BCUT2D eigenvalue weighted by atomic mass is 9.81. The Bertz CT molecular complexity index is 504. The third kappa shape index (κ3) is 3.25. The topological polar surface area (TPSA) is 62.1 Å². The molecule has 1 aliphatic heterocycles. The van der Waals surface area contributed by atoms with Gasteiger partial charge in [-0.05, 0) is 30.5 Å². The minimum atomic E-state index is -0.948. The van der Waals surface area contributed by atoms with Crippen molar-refractivity contribution in [2.45, 2.75) is 19.4 Å². The molecule has 1 amide bonds. The van der Waals surface area contributed by atoms with Crippen molar-refractivity contribution in [3.8, 4) is 6.07 Å². The van der Waals surface area contributed by atoms with E-state index in [-0.39, 0.29) is 5.91 Å². The first kappa shape index (κ1) is 13.9. The number of nitrogens with one attached hydrogen (secondary N) is 1. The highest BCUT2D eigenvalue weighted by Gasteiger charge is 2.40. The zero-order valence-corrected chi connectivity index (χ0v) is 11.2. The van der Waals surface area contributed by atoms with Gasteiger partial charge in [-0.3, -0.25) is 4.79 Å². The molecule has 2 rings (SSSR count). The van der Waals surface area contributed by atoms with Gasteiger partial charge in [0.05, 0.1) is 6.07 Å². The molecule has 0 atom stereocenters. The van der Waals surface area contributed by atoms with E-state index in [0.717, 1.165) is 5.56 Å². The van der Waals surface area contributed by atoms with Crippen molar-refractivity contribution < 1.29 is 9.53 Å². The highest BCUT2D eigenvalue weighted by Crippen LogP contribution is 2.29. The fourth-order valence-electron chi connectivity index (χ4n) is 2.11. The first-order valence-corrected chi connectivity index (χ1v) is 6.56.